The lowest BCUT2D eigenvalue weighted by molar-refractivity contribution is -0.136. The van der Waals surface area contributed by atoms with E-state index in [1.54, 1.807) is 0 Å². The van der Waals surface area contributed by atoms with Gasteiger partial charge in [0.1, 0.15) is 5.75 Å². The highest BCUT2D eigenvalue weighted by Gasteiger charge is 2.43. The zero-order valence-corrected chi connectivity index (χ0v) is 15.4. The van der Waals surface area contributed by atoms with Gasteiger partial charge in [-0.3, -0.25) is 9.59 Å². The van der Waals surface area contributed by atoms with Crippen LogP contribution in [-0.2, 0) is 9.59 Å². The van der Waals surface area contributed by atoms with Crippen molar-refractivity contribution in [1.82, 2.24) is 9.80 Å². The summed E-state index contributed by atoms with van der Waals surface area (Å²) in [5.41, 5.74) is 1.09. The molecule has 6 nitrogen and oxygen atoms in total. The first-order valence-electron chi connectivity index (χ1n) is 9.72. The van der Waals surface area contributed by atoms with Crippen molar-refractivity contribution in [3.63, 3.8) is 0 Å². The van der Waals surface area contributed by atoms with Crippen LogP contribution in [0.4, 0.5) is 5.69 Å². The van der Waals surface area contributed by atoms with Gasteiger partial charge in [0.2, 0.25) is 11.8 Å². The molecule has 0 N–H and O–H groups in total. The van der Waals surface area contributed by atoms with Crippen LogP contribution in [0.2, 0.25) is 0 Å². The number of para-hydroxylation sites is 2. The number of anilines is 1. The van der Waals surface area contributed by atoms with Crippen LogP contribution in [0.15, 0.2) is 24.3 Å². The molecule has 2 aliphatic heterocycles. The first-order valence-corrected chi connectivity index (χ1v) is 9.72. The number of benzene rings is 1. The van der Waals surface area contributed by atoms with Crippen molar-refractivity contribution >= 4 is 17.5 Å². The third kappa shape index (κ3) is 3.37. The van der Waals surface area contributed by atoms with Crippen LogP contribution in [0.25, 0.3) is 0 Å². The minimum atomic E-state index is -0.148. The molecule has 0 radical (unpaired) electrons. The molecule has 0 spiro atoms. The average molecular weight is 357 g/mol. The molecule has 140 valence electrons. The van der Waals surface area contributed by atoms with Crippen LogP contribution >= 0.6 is 0 Å². The van der Waals surface area contributed by atoms with Crippen LogP contribution in [-0.4, -0.2) is 67.0 Å². The van der Waals surface area contributed by atoms with E-state index in [9.17, 15) is 9.59 Å². The Morgan fingerprint density at radius 1 is 1.15 bits per heavy atom. The number of hydrogen-bond acceptors (Lipinski definition) is 4. The van der Waals surface area contributed by atoms with Gasteiger partial charge in [-0.25, -0.2) is 0 Å². The normalized spacial score (nSPS) is 23.5. The quantitative estimate of drug-likeness (QED) is 0.806. The molecule has 6 heteroatoms. The molecular formula is C20H27N3O3. The van der Waals surface area contributed by atoms with Gasteiger partial charge in [-0.2, -0.15) is 0 Å². The van der Waals surface area contributed by atoms with Crippen molar-refractivity contribution in [2.45, 2.75) is 32.2 Å². The van der Waals surface area contributed by atoms with Gasteiger partial charge in [0, 0.05) is 45.2 Å². The molecule has 26 heavy (non-hydrogen) atoms. The fourth-order valence-corrected chi connectivity index (χ4v) is 4.06. The number of carbonyl (C=O) groups is 2. The summed E-state index contributed by atoms with van der Waals surface area (Å²) in [4.78, 5) is 31.1. The summed E-state index contributed by atoms with van der Waals surface area (Å²) in [6, 6.07) is 8.48. The topological polar surface area (TPSA) is 53.1 Å². The van der Waals surface area contributed by atoms with E-state index in [0.29, 0.717) is 38.7 Å². The molecule has 1 aromatic rings. The SMILES string of the molecule is CCOc1ccccc1N1CCN(C(=O)[C@@H]2CC(=O)N(C3CC3)C2)CC1. The second kappa shape index (κ2) is 7.17. The second-order valence-corrected chi connectivity index (χ2v) is 7.39. The maximum absolute atomic E-state index is 12.9. The minimum Gasteiger partial charge on any atom is -0.492 e. The van der Waals surface area contributed by atoms with E-state index in [0.717, 1.165) is 37.4 Å². The number of amides is 2. The molecule has 1 aromatic carbocycles. The summed E-state index contributed by atoms with van der Waals surface area (Å²) in [5.74, 6) is 1.07. The van der Waals surface area contributed by atoms with Crippen LogP contribution < -0.4 is 9.64 Å². The van der Waals surface area contributed by atoms with E-state index in [1.165, 1.54) is 0 Å². The molecule has 2 heterocycles. The third-order valence-electron chi connectivity index (χ3n) is 5.59. The first kappa shape index (κ1) is 17.2. The van der Waals surface area contributed by atoms with Crippen molar-refractivity contribution in [2.75, 3.05) is 44.2 Å². The van der Waals surface area contributed by atoms with E-state index < -0.39 is 0 Å². The molecule has 1 saturated carbocycles. The van der Waals surface area contributed by atoms with E-state index in [-0.39, 0.29) is 17.7 Å². The largest absolute Gasteiger partial charge is 0.492 e. The Hall–Kier alpha value is -2.24. The van der Waals surface area contributed by atoms with E-state index in [1.807, 2.05) is 34.9 Å². The third-order valence-corrected chi connectivity index (χ3v) is 5.59. The fourth-order valence-electron chi connectivity index (χ4n) is 4.06. The number of carbonyl (C=O) groups excluding carboxylic acids is 2. The predicted molar refractivity (Wildman–Crippen MR) is 99.2 cm³/mol. The van der Waals surface area contributed by atoms with Gasteiger partial charge < -0.3 is 19.4 Å². The van der Waals surface area contributed by atoms with Gasteiger partial charge in [0.25, 0.3) is 0 Å². The highest BCUT2D eigenvalue weighted by Crippen LogP contribution is 2.34. The molecule has 1 aliphatic carbocycles. The van der Waals surface area contributed by atoms with E-state index >= 15 is 0 Å². The van der Waals surface area contributed by atoms with Crippen molar-refractivity contribution < 1.29 is 14.3 Å². The highest BCUT2D eigenvalue weighted by molar-refractivity contribution is 5.89. The highest BCUT2D eigenvalue weighted by atomic mass is 16.5. The average Bonchev–Trinajstić information content (AvgIpc) is 3.44. The minimum absolute atomic E-state index is 0.148. The summed E-state index contributed by atoms with van der Waals surface area (Å²) in [5, 5.41) is 0. The number of ether oxygens (including phenoxy) is 1. The molecule has 1 atom stereocenters. The van der Waals surface area contributed by atoms with Gasteiger partial charge in [-0.15, -0.1) is 0 Å². The standard InChI is InChI=1S/C20H27N3O3/c1-2-26-18-6-4-3-5-17(18)21-9-11-22(12-10-21)20(25)15-13-19(24)23(14-15)16-7-8-16/h3-6,15-16H,2,7-14H2,1H3/t15-/m1/s1. The zero-order valence-electron chi connectivity index (χ0n) is 15.4. The second-order valence-electron chi connectivity index (χ2n) is 7.39. The zero-order chi connectivity index (χ0) is 18.1. The van der Waals surface area contributed by atoms with Gasteiger partial charge in [0.15, 0.2) is 0 Å². The van der Waals surface area contributed by atoms with Gasteiger partial charge in [-0.05, 0) is 31.9 Å². The Labute approximate surface area is 154 Å². The van der Waals surface area contributed by atoms with Crippen LogP contribution in [0, 0.1) is 5.92 Å². The molecule has 0 bridgehead atoms. The molecule has 4 rings (SSSR count). The molecule has 2 amide bonds. The Morgan fingerprint density at radius 2 is 1.88 bits per heavy atom. The number of nitrogens with zero attached hydrogens (tertiary/aromatic N) is 3. The molecule has 0 aromatic heterocycles. The fraction of sp³-hybridized carbons (Fsp3) is 0.600. The predicted octanol–water partition coefficient (Wildman–Crippen LogP) is 1.74. The molecule has 0 unspecified atom stereocenters. The lowest BCUT2D eigenvalue weighted by Crippen LogP contribution is -2.50. The summed E-state index contributed by atoms with van der Waals surface area (Å²) in [7, 11) is 0. The van der Waals surface area contributed by atoms with Crippen molar-refractivity contribution in [3.8, 4) is 5.75 Å². The Kier molecular flexibility index (Phi) is 4.74. The molecular weight excluding hydrogens is 330 g/mol. The smallest absolute Gasteiger partial charge is 0.228 e. The van der Waals surface area contributed by atoms with Gasteiger partial charge >= 0.3 is 0 Å². The molecule has 3 fully saturated rings. The first-order chi connectivity index (χ1) is 12.7. The Balaban J connectivity index is 1.35. The summed E-state index contributed by atoms with van der Waals surface area (Å²) in [6.45, 7) is 6.24. The number of likely N-dealkylation sites (tertiary alicyclic amines) is 1. The number of piperazine rings is 1. The maximum Gasteiger partial charge on any atom is 0.228 e. The van der Waals surface area contributed by atoms with Gasteiger partial charge in [-0.1, -0.05) is 12.1 Å². The van der Waals surface area contributed by atoms with Crippen molar-refractivity contribution in [1.29, 1.82) is 0 Å². The van der Waals surface area contributed by atoms with Crippen molar-refractivity contribution in [2.24, 2.45) is 5.92 Å². The van der Waals surface area contributed by atoms with Crippen LogP contribution in [0.1, 0.15) is 26.2 Å². The lowest BCUT2D eigenvalue weighted by Gasteiger charge is -2.37. The molecule has 3 aliphatic rings. The monoisotopic (exact) mass is 357 g/mol. The number of rotatable bonds is 5. The van der Waals surface area contributed by atoms with Crippen LogP contribution in [0.3, 0.4) is 0 Å². The molecule has 2 saturated heterocycles. The summed E-state index contributed by atoms with van der Waals surface area (Å²) < 4.78 is 5.73. The number of hydrogen-bond donors (Lipinski definition) is 0. The van der Waals surface area contributed by atoms with Crippen molar-refractivity contribution in [3.05, 3.63) is 24.3 Å². The summed E-state index contributed by atoms with van der Waals surface area (Å²) >= 11 is 0. The van der Waals surface area contributed by atoms with Crippen LogP contribution in [0.5, 0.6) is 5.75 Å². The van der Waals surface area contributed by atoms with E-state index in [4.69, 9.17) is 4.74 Å². The lowest BCUT2D eigenvalue weighted by atomic mass is 10.1. The Morgan fingerprint density at radius 3 is 2.58 bits per heavy atom. The van der Waals surface area contributed by atoms with Gasteiger partial charge in [0.05, 0.1) is 18.2 Å². The van der Waals surface area contributed by atoms with E-state index in [2.05, 4.69) is 11.0 Å². The summed E-state index contributed by atoms with van der Waals surface area (Å²) in [6.07, 6.45) is 2.60. The Bertz CT molecular complexity index is 681. The maximum atomic E-state index is 12.9.